The second-order valence-electron chi connectivity index (χ2n) is 11.4. The van der Waals surface area contributed by atoms with E-state index in [0.717, 1.165) is 17.2 Å². The van der Waals surface area contributed by atoms with Gasteiger partial charge in [0.2, 0.25) is 0 Å². The summed E-state index contributed by atoms with van der Waals surface area (Å²) >= 11 is 0. The van der Waals surface area contributed by atoms with Crippen molar-refractivity contribution in [3.63, 3.8) is 0 Å². The Labute approximate surface area is 293 Å². The number of amides is 2. The van der Waals surface area contributed by atoms with Crippen LogP contribution < -0.4 is 10.6 Å². The molecule has 0 aliphatic heterocycles. The molecule has 0 saturated carbocycles. The van der Waals surface area contributed by atoms with Crippen LogP contribution in [0.15, 0.2) is 136 Å². The lowest BCUT2D eigenvalue weighted by atomic mass is 10.1. The molecule has 0 saturated heterocycles. The predicted molar refractivity (Wildman–Crippen MR) is 195 cm³/mol. The Kier molecular flexibility index (Phi) is 11.4. The van der Waals surface area contributed by atoms with Crippen molar-refractivity contribution in [3.8, 4) is 22.6 Å². The van der Waals surface area contributed by atoms with Crippen LogP contribution in [0, 0.1) is 13.8 Å². The Hall–Kier alpha value is -6.94. The molecule has 0 unspecified atom stereocenters. The van der Waals surface area contributed by atoms with Crippen molar-refractivity contribution in [2.24, 2.45) is 0 Å². The number of carbonyl (C=O) groups excluding carboxylic acids is 2. The molecule has 51 heavy (non-hydrogen) atoms. The summed E-state index contributed by atoms with van der Waals surface area (Å²) in [5.41, 5.74) is 5.25. The van der Waals surface area contributed by atoms with Crippen LogP contribution in [0.3, 0.4) is 0 Å². The zero-order valence-electron chi connectivity index (χ0n) is 27.8. The molecule has 0 fully saturated rings. The van der Waals surface area contributed by atoms with Gasteiger partial charge in [0.15, 0.2) is 0 Å². The molecule has 6 rings (SSSR count). The van der Waals surface area contributed by atoms with Gasteiger partial charge in [-0.15, -0.1) is 0 Å². The first-order valence-electron chi connectivity index (χ1n) is 15.8. The van der Waals surface area contributed by atoms with Gasteiger partial charge in [0.1, 0.15) is 23.0 Å². The van der Waals surface area contributed by atoms with E-state index in [-0.39, 0.29) is 18.2 Å². The number of hydrogen-bond acceptors (Lipinski definition) is 6. The predicted octanol–water partition coefficient (Wildman–Crippen LogP) is 8.74. The number of carboxylic acid groups (broad SMARTS) is 2. The normalized spacial score (nSPS) is 10.6. The third kappa shape index (κ3) is 9.80. The molecular formula is C41H34N2O8. The Morgan fingerprint density at radius 2 is 1.12 bits per heavy atom. The van der Waals surface area contributed by atoms with Gasteiger partial charge in [-0.3, -0.25) is 14.4 Å². The molecule has 10 nitrogen and oxygen atoms in total. The van der Waals surface area contributed by atoms with Crippen LogP contribution in [0.4, 0.5) is 11.4 Å². The van der Waals surface area contributed by atoms with Gasteiger partial charge in [-0.2, -0.15) is 0 Å². The van der Waals surface area contributed by atoms with E-state index in [1.54, 1.807) is 74.5 Å². The summed E-state index contributed by atoms with van der Waals surface area (Å²) in [6, 6.07) is 36.2. The fraction of sp³-hybridized carbons (Fsp3) is 0.0732. The lowest BCUT2D eigenvalue weighted by Crippen LogP contribution is -2.12. The average molecular weight is 683 g/mol. The first kappa shape index (κ1) is 35.4. The van der Waals surface area contributed by atoms with Gasteiger partial charge in [-0.25, -0.2) is 4.79 Å². The molecule has 0 aliphatic rings. The maximum Gasteiger partial charge on any atom is 0.328 e. The van der Waals surface area contributed by atoms with Crippen molar-refractivity contribution < 1.29 is 38.2 Å². The molecule has 0 radical (unpaired) electrons. The fourth-order valence-corrected chi connectivity index (χ4v) is 5.07. The Morgan fingerprint density at radius 3 is 1.61 bits per heavy atom. The lowest BCUT2D eigenvalue weighted by molar-refractivity contribution is -0.136. The van der Waals surface area contributed by atoms with Crippen molar-refractivity contribution in [2.45, 2.75) is 20.3 Å². The summed E-state index contributed by atoms with van der Waals surface area (Å²) in [6.07, 6.45) is 2.47. The first-order chi connectivity index (χ1) is 24.5. The van der Waals surface area contributed by atoms with Crippen LogP contribution in [0.1, 0.15) is 43.4 Å². The highest BCUT2D eigenvalue weighted by Gasteiger charge is 2.17. The summed E-state index contributed by atoms with van der Waals surface area (Å²) in [5.74, 6) is -0.128. The van der Waals surface area contributed by atoms with Crippen molar-refractivity contribution >= 4 is 41.2 Å². The number of furan rings is 2. The molecule has 10 heteroatoms. The minimum absolute atomic E-state index is 0.0461. The van der Waals surface area contributed by atoms with Crippen molar-refractivity contribution in [1.29, 1.82) is 0 Å². The Bertz CT molecular complexity index is 2180. The van der Waals surface area contributed by atoms with E-state index < -0.39 is 11.9 Å². The van der Waals surface area contributed by atoms with Crippen molar-refractivity contribution in [3.05, 3.63) is 161 Å². The highest BCUT2D eigenvalue weighted by atomic mass is 16.4. The lowest BCUT2D eigenvalue weighted by Gasteiger charge is -2.05. The number of benzene rings is 4. The number of rotatable bonds is 10. The molecule has 0 aliphatic carbocycles. The third-order valence-electron chi connectivity index (χ3n) is 7.57. The van der Waals surface area contributed by atoms with Crippen LogP contribution in [-0.2, 0) is 16.0 Å². The quantitative estimate of drug-likeness (QED) is 0.104. The summed E-state index contributed by atoms with van der Waals surface area (Å²) < 4.78 is 11.4. The van der Waals surface area contributed by atoms with Crippen LogP contribution in [0.5, 0.6) is 0 Å². The maximum absolute atomic E-state index is 12.6. The SMILES string of the molecule is Cc1oc(-c2ccccc2)cc1C(=O)Nc1ccc(CC(=O)O)cc1.Cc1oc(-c2ccccc2)cc1C(=O)Nc1cccc(/C=C\C(=O)O)c1. The number of aliphatic carboxylic acids is 2. The van der Waals surface area contributed by atoms with Crippen molar-refractivity contribution in [1.82, 2.24) is 0 Å². The first-order valence-corrected chi connectivity index (χ1v) is 15.8. The highest BCUT2D eigenvalue weighted by Crippen LogP contribution is 2.27. The van der Waals surface area contributed by atoms with Gasteiger partial charge in [0, 0.05) is 28.6 Å². The molecule has 0 spiro atoms. The third-order valence-corrected chi connectivity index (χ3v) is 7.57. The smallest absolute Gasteiger partial charge is 0.328 e. The van der Waals surface area contributed by atoms with Gasteiger partial charge in [-0.05, 0) is 67.4 Å². The second kappa shape index (κ2) is 16.4. The number of carboxylic acids is 2. The summed E-state index contributed by atoms with van der Waals surface area (Å²) in [4.78, 5) is 46.4. The van der Waals surface area contributed by atoms with Gasteiger partial charge >= 0.3 is 11.9 Å². The van der Waals surface area contributed by atoms with E-state index in [2.05, 4.69) is 10.6 Å². The molecule has 6 aromatic rings. The van der Waals surface area contributed by atoms with Crippen LogP contribution >= 0.6 is 0 Å². The minimum Gasteiger partial charge on any atom is -0.481 e. The Morgan fingerprint density at radius 1 is 0.608 bits per heavy atom. The van der Waals surface area contributed by atoms with E-state index in [9.17, 15) is 19.2 Å². The maximum atomic E-state index is 12.6. The minimum atomic E-state index is -1.03. The van der Waals surface area contributed by atoms with Crippen LogP contribution in [0.2, 0.25) is 0 Å². The van der Waals surface area contributed by atoms with Gasteiger partial charge < -0.3 is 29.7 Å². The average Bonchev–Trinajstić information content (AvgIpc) is 3.72. The zero-order valence-corrected chi connectivity index (χ0v) is 27.8. The summed E-state index contributed by atoms with van der Waals surface area (Å²) in [5, 5.41) is 23.1. The number of hydrogen-bond donors (Lipinski definition) is 4. The number of nitrogens with one attached hydrogen (secondary N) is 2. The second-order valence-corrected chi connectivity index (χ2v) is 11.4. The number of anilines is 2. The Balaban J connectivity index is 0.000000198. The van der Waals surface area contributed by atoms with Gasteiger partial charge in [-0.1, -0.05) is 84.9 Å². The number of aryl methyl sites for hydroxylation is 2. The molecule has 0 atom stereocenters. The monoisotopic (exact) mass is 682 g/mol. The van der Waals surface area contributed by atoms with Crippen molar-refractivity contribution in [2.75, 3.05) is 10.6 Å². The largest absolute Gasteiger partial charge is 0.481 e. The summed E-state index contributed by atoms with van der Waals surface area (Å²) in [7, 11) is 0. The molecule has 2 aromatic heterocycles. The highest BCUT2D eigenvalue weighted by molar-refractivity contribution is 6.06. The molecule has 4 aromatic carbocycles. The van der Waals surface area contributed by atoms with E-state index in [1.165, 1.54) is 6.08 Å². The van der Waals surface area contributed by atoms with E-state index in [0.29, 0.717) is 56.7 Å². The molecule has 0 bridgehead atoms. The van der Waals surface area contributed by atoms with Gasteiger partial charge in [0.25, 0.3) is 11.8 Å². The van der Waals surface area contributed by atoms with E-state index >= 15 is 0 Å². The fourth-order valence-electron chi connectivity index (χ4n) is 5.07. The van der Waals surface area contributed by atoms with Crippen LogP contribution in [-0.4, -0.2) is 34.0 Å². The van der Waals surface area contributed by atoms with Crippen LogP contribution in [0.25, 0.3) is 28.7 Å². The molecule has 4 N–H and O–H groups in total. The van der Waals surface area contributed by atoms with E-state index in [4.69, 9.17) is 19.0 Å². The molecule has 2 amide bonds. The van der Waals surface area contributed by atoms with E-state index in [1.807, 2.05) is 60.7 Å². The number of carbonyl (C=O) groups is 4. The summed E-state index contributed by atoms with van der Waals surface area (Å²) in [6.45, 7) is 3.49. The molecule has 2 heterocycles. The van der Waals surface area contributed by atoms with Gasteiger partial charge in [0.05, 0.1) is 17.5 Å². The molecular weight excluding hydrogens is 648 g/mol. The zero-order chi connectivity index (χ0) is 36.3. The standard InChI is InChI=1S/C21H17NO4.C20H17NO4/c1-14-18(13-19(26-14)16-7-3-2-4-8-16)21(25)22-17-9-5-6-15(12-17)10-11-20(23)24;1-13-17(12-18(25-13)15-5-3-2-4-6-15)20(24)21-16-9-7-14(8-10-16)11-19(22)23/h2-13H,1H3,(H,22,25)(H,23,24);2-10,12H,11H2,1H3,(H,21,24)(H,22,23)/b11-10-;. The molecule has 256 valence electrons. The topological polar surface area (TPSA) is 159 Å².